The van der Waals surface area contributed by atoms with Gasteiger partial charge in [-0.3, -0.25) is 4.98 Å². The number of nitrogens with one attached hydrogen (secondary N) is 1. The zero-order valence-corrected chi connectivity index (χ0v) is 11.4. The van der Waals surface area contributed by atoms with Gasteiger partial charge in [-0.1, -0.05) is 6.07 Å². The molecule has 2 rings (SSSR count). The summed E-state index contributed by atoms with van der Waals surface area (Å²) in [4.78, 5) is 8.96. The van der Waals surface area contributed by atoms with Crippen LogP contribution < -0.4 is 5.32 Å². The lowest BCUT2D eigenvalue weighted by molar-refractivity contribution is 0.604. The van der Waals surface area contributed by atoms with Crippen molar-refractivity contribution >= 4 is 5.95 Å². The summed E-state index contributed by atoms with van der Waals surface area (Å²) in [6.45, 7) is 9.01. The molecule has 0 aromatic carbocycles. The maximum atomic E-state index is 4.49. The van der Waals surface area contributed by atoms with E-state index in [1.165, 1.54) is 0 Å². The van der Waals surface area contributed by atoms with E-state index >= 15 is 0 Å². The van der Waals surface area contributed by atoms with Crippen LogP contribution in [0.1, 0.15) is 37.0 Å². The molecule has 0 atom stereocenters. The van der Waals surface area contributed by atoms with Crippen LogP contribution in [0.15, 0.2) is 24.4 Å². The molecule has 96 valence electrons. The van der Waals surface area contributed by atoms with E-state index in [9.17, 15) is 0 Å². The van der Waals surface area contributed by atoms with E-state index in [4.69, 9.17) is 0 Å². The first-order valence-electron chi connectivity index (χ1n) is 6.28. The number of anilines is 1. The van der Waals surface area contributed by atoms with Crippen LogP contribution in [0.3, 0.4) is 0 Å². The van der Waals surface area contributed by atoms with Crippen molar-refractivity contribution in [2.75, 3.05) is 5.32 Å². The lowest BCUT2D eigenvalue weighted by atomic mass is 10.3. The second-order valence-corrected chi connectivity index (χ2v) is 4.83. The van der Waals surface area contributed by atoms with Gasteiger partial charge in [-0.25, -0.2) is 4.98 Å². The van der Waals surface area contributed by atoms with E-state index in [1.807, 2.05) is 32.0 Å². The lowest BCUT2D eigenvalue weighted by Gasteiger charge is -2.12. The first-order valence-corrected chi connectivity index (χ1v) is 6.28. The first-order chi connectivity index (χ1) is 8.56. The molecule has 0 bridgehead atoms. The summed E-state index contributed by atoms with van der Waals surface area (Å²) in [5.74, 6) is 0.908. The van der Waals surface area contributed by atoms with Crippen molar-refractivity contribution in [1.29, 1.82) is 0 Å². The molecule has 0 aliphatic rings. The maximum Gasteiger partial charge on any atom is 0.203 e. The molecule has 0 amide bonds. The monoisotopic (exact) mass is 244 g/mol. The van der Waals surface area contributed by atoms with E-state index in [0.29, 0.717) is 12.6 Å². The van der Waals surface area contributed by atoms with Gasteiger partial charge in [0, 0.05) is 17.9 Å². The summed E-state index contributed by atoms with van der Waals surface area (Å²) in [5, 5.41) is 3.35. The highest BCUT2D eigenvalue weighted by molar-refractivity contribution is 5.30. The molecule has 0 spiro atoms. The Balaban J connectivity index is 2.10. The van der Waals surface area contributed by atoms with Crippen molar-refractivity contribution < 1.29 is 0 Å². The SMILES string of the molecule is Cc1cccc(CNc2nc(C)cn2C(C)C)n1. The Morgan fingerprint density at radius 1 is 1.17 bits per heavy atom. The molecule has 2 heterocycles. The third kappa shape index (κ3) is 2.88. The Kier molecular flexibility index (Phi) is 3.65. The Labute approximate surface area is 108 Å². The molecule has 0 radical (unpaired) electrons. The van der Waals surface area contributed by atoms with Crippen LogP contribution in [0, 0.1) is 13.8 Å². The Morgan fingerprint density at radius 3 is 2.61 bits per heavy atom. The summed E-state index contributed by atoms with van der Waals surface area (Å²) < 4.78 is 2.14. The van der Waals surface area contributed by atoms with Crippen molar-refractivity contribution in [2.24, 2.45) is 0 Å². The zero-order chi connectivity index (χ0) is 13.1. The van der Waals surface area contributed by atoms with Crippen molar-refractivity contribution in [3.05, 3.63) is 41.5 Å². The van der Waals surface area contributed by atoms with Gasteiger partial charge in [-0.05, 0) is 39.8 Å². The summed E-state index contributed by atoms with van der Waals surface area (Å²) in [6, 6.07) is 6.46. The predicted molar refractivity (Wildman–Crippen MR) is 73.6 cm³/mol. The van der Waals surface area contributed by atoms with E-state index in [2.05, 4.69) is 39.9 Å². The highest BCUT2D eigenvalue weighted by atomic mass is 15.2. The van der Waals surface area contributed by atoms with Crippen LogP contribution in [0.4, 0.5) is 5.95 Å². The van der Waals surface area contributed by atoms with Crippen LogP contribution >= 0.6 is 0 Å². The van der Waals surface area contributed by atoms with E-state index in [1.54, 1.807) is 0 Å². The molecule has 0 fully saturated rings. The topological polar surface area (TPSA) is 42.7 Å². The van der Waals surface area contributed by atoms with Gasteiger partial charge in [0.1, 0.15) is 0 Å². The molecule has 4 heteroatoms. The number of aryl methyl sites for hydroxylation is 2. The van der Waals surface area contributed by atoms with Gasteiger partial charge in [0.2, 0.25) is 5.95 Å². The van der Waals surface area contributed by atoms with Gasteiger partial charge in [0.05, 0.1) is 17.9 Å². The molecule has 0 unspecified atom stereocenters. The predicted octanol–water partition coefficient (Wildman–Crippen LogP) is 3.09. The van der Waals surface area contributed by atoms with Gasteiger partial charge in [0.15, 0.2) is 0 Å². The minimum atomic E-state index is 0.402. The molecule has 0 aliphatic carbocycles. The largest absolute Gasteiger partial charge is 0.350 e. The van der Waals surface area contributed by atoms with Crippen LogP contribution in [-0.4, -0.2) is 14.5 Å². The van der Waals surface area contributed by atoms with Crippen LogP contribution in [0.2, 0.25) is 0 Å². The second-order valence-electron chi connectivity index (χ2n) is 4.83. The molecule has 2 aromatic heterocycles. The third-order valence-corrected chi connectivity index (χ3v) is 2.78. The van der Waals surface area contributed by atoms with Crippen LogP contribution in [0.5, 0.6) is 0 Å². The quantitative estimate of drug-likeness (QED) is 0.898. The summed E-state index contributed by atoms with van der Waals surface area (Å²) in [5.41, 5.74) is 3.10. The molecule has 0 aliphatic heterocycles. The average molecular weight is 244 g/mol. The van der Waals surface area contributed by atoms with Crippen molar-refractivity contribution in [2.45, 2.75) is 40.3 Å². The van der Waals surface area contributed by atoms with E-state index in [-0.39, 0.29) is 0 Å². The normalized spacial score (nSPS) is 10.9. The fraction of sp³-hybridized carbons (Fsp3) is 0.429. The van der Waals surface area contributed by atoms with Gasteiger partial charge >= 0.3 is 0 Å². The fourth-order valence-electron chi connectivity index (χ4n) is 1.91. The van der Waals surface area contributed by atoms with Crippen molar-refractivity contribution in [3.63, 3.8) is 0 Å². The summed E-state index contributed by atoms with van der Waals surface area (Å²) >= 11 is 0. The van der Waals surface area contributed by atoms with Gasteiger partial charge in [0.25, 0.3) is 0 Å². The smallest absolute Gasteiger partial charge is 0.203 e. The van der Waals surface area contributed by atoms with E-state index in [0.717, 1.165) is 23.0 Å². The number of rotatable bonds is 4. The molecule has 0 saturated carbocycles. The Hall–Kier alpha value is -1.84. The van der Waals surface area contributed by atoms with Crippen molar-refractivity contribution in [1.82, 2.24) is 14.5 Å². The molecular weight excluding hydrogens is 224 g/mol. The summed E-state index contributed by atoms with van der Waals surface area (Å²) in [7, 11) is 0. The number of aromatic nitrogens is 3. The molecular formula is C14H20N4. The van der Waals surface area contributed by atoms with Crippen LogP contribution in [0.25, 0.3) is 0 Å². The number of pyridine rings is 1. The third-order valence-electron chi connectivity index (χ3n) is 2.78. The molecule has 4 nitrogen and oxygen atoms in total. The van der Waals surface area contributed by atoms with Gasteiger partial charge < -0.3 is 9.88 Å². The number of hydrogen-bond donors (Lipinski definition) is 1. The minimum Gasteiger partial charge on any atom is -0.350 e. The number of imidazole rings is 1. The Bertz CT molecular complexity index is 528. The molecule has 2 aromatic rings. The highest BCUT2D eigenvalue weighted by Crippen LogP contribution is 2.15. The number of nitrogens with zero attached hydrogens (tertiary/aromatic N) is 3. The lowest BCUT2D eigenvalue weighted by Crippen LogP contribution is -2.09. The van der Waals surface area contributed by atoms with Crippen LogP contribution in [-0.2, 0) is 6.54 Å². The van der Waals surface area contributed by atoms with Crippen molar-refractivity contribution in [3.8, 4) is 0 Å². The highest BCUT2D eigenvalue weighted by Gasteiger charge is 2.08. The molecule has 0 saturated heterocycles. The zero-order valence-electron chi connectivity index (χ0n) is 11.4. The fourth-order valence-corrected chi connectivity index (χ4v) is 1.91. The number of hydrogen-bond acceptors (Lipinski definition) is 3. The standard InChI is InChI=1S/C14H20N4/c1-10(2)18-9-12(4)17-14(18)15-8-13-7-5-6-11(3)16-13/h5-7,9-10H,8H2,1-4H3,(H,15,17). The van der Waals surface area contributed by atoms with Gasteiger partial charge in [-0.15, -0.1) is 0 Å². The minimum absolute atomic E-state index is 0.402. The molecule has 18 heavy (non-hydrogen) atoms. The Morgan fingerprint density at radius 2 is 1.94 bits per heavy atom. The average Bonchev–Trinajstić information content (AvgIpc) is 2.68. The second kappa shape index (κ2) is 5.21. The first kappa shape index (κ1) is 12.6. The van der Waals surface area contributed by atoms with Gasteiger partial charge in [-0.2, -0.15) is 0 Å². The van der Waals surface area contributed by atoms with E-state index < -0.39 is 0 Å². The molecule has 1 N–H and O–H groups in total. The maximum absolute atomic E-state index is 4.49. The summed E-state index contributed by atoms with van der Waals surface area (Å²) in [6.07, 6.45) is 2.07.